The van der Waals surface area contributed by atoms with Crippen LogP contribution in [0.4, 0.5) is 5.69 Å². The normalized spacial score (nSPS) is 12.5. The van der Waals surface area contributed by atoms with Gasteiger partial charge in [-0.1, -0.05) is 41.4 Å². The number of nitrogens with zero attached hydrogens (tertiary/aromatic N) is 1. The van der Waals surface area contributed by atoms with Crippen LogP contribution >= 0.6 is 11.6 Å². The van der Waals surface area contributed by atoms with Crippen LogP contribution in [-0.4, -0.2) is 27.1 Å². The van der Waals surface area contributed by atoms with Gasteiger partial charge in [0.25, 0.3) is 0 Å². The van der Waals surface area contributed by atoms with Gasteiger partial charge in [0, 0.05) is 18.0 Å². The third-order valence-corrected chi connectivity index (χ3v) is 6.54. The van der Waals surface area contributed by atoms with Crippen molar-refractivity contribution in [2.24, 2.45) is 0 Å². The first-order valence-corrected chi connectivity index (χ1v) is 11.8. The quantitative estimate of drug-likeness (QED) is 0.652. The van der Waals surface area contributed by atoms with Gasteiger partial charge in [-0.25, -0.2) is 8.42 Å². The molecule has 2 rings (SSSR count). The Bertz CT molecular complexity index is 990. The molecule has 0 saturated carbocycles. The largest absolute Gasteiger partial charge is 0.350 e. The van der Waals surface area contributed by atoms with Gasteiger partial charge < -0.3 is 5.32 Å². The van der Waals surface area contributed by atoms with E-state index in [0.717, 1.165) is 22.9 Å². The Morgan fingerprint density at radius 2 is 1.86 bits per heavy atom. The van der Waals surface area contributed by atoms with Gasteiger partial charge in [-0.3, -0.25) is 9.10 Å². The molecule has 7 heteroatoms. The number of sulfonamides is 1. The van der Waals surface area contributed by atoms with Crippen molar-refractivity contribution in [1.82, 2.24) is 5.32 Å². The Balaban J connectivity index is 2.01. The summed E-state index contributed by atoms with van der Waals surface area (Å²) >= 11 is 6.15. The first-order chi connectivity index (χ1) is 13.5. The number of aryl methyl sites for hydroxylation is 2. The number of carbonyl (C=O) groups is 1. The molecule has 0 aliphatic carbocycles. The van der Waals surface area contributed by atoms with Crippen LogP contribution < -0.4 is 9.62 Å². The van der Waals surface area contributed by atoms with Crippen LogP contribution in [0.5, 0.6) is 0 Å². The summed E-state index contributed by atoms with van der Waals surface area (Å²) in [4.78, 5) is 12.4. The summed E-state index contributed by atoms with van der Waals surface area (Å²) in [5.74, 6) is -0.102. The Morgan fingerprint density at radius 3 is 2.52 bits per heavy atom. The number of benzene rings is 2. The molecule has 0 unspecified atom stereocenters. The van der Waals surface area contributed by atoms with Gasteiger partial charge in [0.2, 0.25) is 15.9 Å². The van der Waals surface area contributed by atoms with Gasteiger partial charge in [0.1, 0.15) is 0 Å². The fourth-order valence-corrected chi connectivity index (χ4v) is 4.52. The highest BCUT2D eigenvalue weighted by molar-refractivity contribution is 7.92. The zero-order chi connectivity index (χ0) is 21.8. The standard InChI is InChI=1S/C22H29ClN2O3S/c1-15-11-12-16(2)19(14-15)18(4)24-22(26)10-7-13-25(29(5,27)28)21-9-6-8-20(23)17(21)3/h6,8-9,11-12,14,18H,7,10,13H2,1-5H3,(H,24,26)/t18-/m0/s1. The SMILES string of the molecule is Cc1ccc(C)c([C@H](C)NC(=O)CCCN(c2cccc(Cl)c2C)S(C)(=O)=O)c1. The van der Waals surface area contributed by atoms with E-state index in [0.29, 0.717) is 22.7 Å². The molecular formula is C22H29ClN2O3S. The lowest BCUT2D eigenvalue weighted by atomic mass is 10.00. The molecule has 158 valence electrons. The first-order valence-electron chi connectivity index (χ1n) is 9.60. The molecule has 1 amide bonds. The maximum absolute atomic E-state index is 12.4. The summed E-state index contributed by atoms with van der Waals surface area (Å²) in [6.07, 6.45) is 1.81. The molecular weight excluding hydrogens is 408 g/mol. The molecule has 1 atom stereocenters. The minimum absolute atomic E-state index is 0.102. The second kappa shape index (κ2) is 9.63. The van der Waals surface area contributed by atoms with Crippen molar-refractivity contribution in [2.75, 3.05) is 17.1 Å². The second-order valence-corrected chi connectivity index (χ2v) is 9.79. The molecule has 0 fully saturated rings. The van der Waals surface area contributed by atoms with Crippen LogP contribution in [0.1, 0.15) is 48.1 Å². The molecule has 0 saturated heterocycles. The molecule has 0 spiro atoms. The number of rotatable bonds is 8. The van der Waals surface area contributed by atoms with E-state index in [4.69, 9.17) is 11.6 Å². The monoisotopic (exact) mass is 436 g/mol. The minimum Gasteiger partial charge on any atom is -0.350 e. The van der Waals surface area contributed by atoms with Crippen LogP contribution in [0.3, 0.4) is 0 Å². The average molecular weight is 437 g/mol. The predicted molar refractivity (Wildman–Crippen MR) is 120 cm³/mol. The predicted octanol–water partition coefficient (Wildman–Crippen LogP) is 4.69. The van der Waals surface area contributed by atoms with Crippen molar-refractivity contribution in [2.45, 2.75) is 46.6 Å². The molecule has 5 nitrogen and oxygen atoms in total. The number of anilines is 1. The molecule has 0 bridgehead atoms. The van der Waals surface area contributed by atoms with Gasteiger partial charge in [0.05, 0.1) is 18.0 Å². The second-order valence-electron chi connectivity index (χ2n) is 7.47. The highest BCUT2D eigenvalue weighted by Gasteiger charge is 2.20. The van der Waals surface area contributed by atoms with Crippen LogP contribution in [0.2, 0.25) is 5.02 Å². The van der Waals surface area contributed by atoms with E-state index >= 15 is 0 Å². The van der Waals surface area contributed by atoms with E-state index in [1.165, 1.54) is 4.31 Å². The highest BCUT2D eigenvalue weighted by Crippen LogP contribution is 2.28. The van der Waals surface area contributed by atoms with E-state index in [1.807, 2.05) is 32.9 Å². The minimum atomic E-state index is -3.49. The lowest BCUT2D eigenvalue weighted by molar-refractivity contribution is -0.121. The van der Waals surface area contributed by atoms with E-state index in [1.54, 1.807) is 25.1 Å². The zero-order valence-electron chi connectivity index (χ0n) is 17.6. The fourth-order valence-electron chi connectivity index (χ4n) is 3.33. The molecule has 0 aliphatic heterocycles. The summed E-state index contributed by atoms with van der Waals surface area (Å²) in [7, 11) is -3.49. The third kappa shape index (κ3) is 6.21. The zero-order valence-corrected chi connectivity index (χ0v) is 19.2. The Labute approximate surface area is 179 Å². The number of nitrogens with one attached hydrogen (secondary N) is 1. The third-order valence-electron chi connectivity index (χ3n) is 4.95. The van der Waals surface area contributed by atoms with Gasteiger partial charge in [0.15, 0.2) is 0 Å². The molecule has 1 N–H and O–H groups in total. The summed E-state index contributed by atoms with van der Waals surface area (Å²) in [6.45, 7) is 8.00. The molecule has 0 heterocycles. The molecule has 2 aromatic carbocycles. The number of hydrogen-bond donors (Lipinski definition) is 1. The fraction of sp³-hybridized carbons (Fsp3) is 0.409. The van der Waals surface area contributed by atoms with E-state index < -0.39 is 10.0 Å². The molecule has 2 aromatic rings. The highest BCUT2D eigenvalue weighted by atomic mass is 35.5. The van der Waals surface area contributed by atoms with Gasteiger partial charge in [-0.2, -0.15) is 0 Å². The van der Waals surface area contributed by atoms with Crippen molar-refractivity contribution in [3.8, 4) is 0 Å². The van der Waals surface area contributed by atoms with Crippen molar-refractivity contribution >= 4 is 33.2 Å². The molecule has 29 heavy (non-hydrogen) atoms. The molecule has 0 aromatic heterocycles. The Kier molecular flexibility index (Phi) is 7.72. The van der Waals surface area contributed by atoms with E-state index in [9.17, 15) is 13.2 Å². The van der Waals surface area contributed by atoms with Crippen molar-refractivity contribution in [3.05, 3.63) is 63.7 Å². The number of hydrogen-bond acceptors (Lipinski definition) is 3. The average Bonchev–Trinajstić information content (AvgIpc) is 2.62. The van der Waals surface area contributed by atoms with Crippen LogP contribution in [0.25, 0.3) is 0 Å². The maximum atomic E-state index is 12.4. The van der Waals surface area contributed by atoms with Crippen LogP contribution in [0, 0.1) is 20.8 Å². The smallest absolute Gasteiger partial charge is 0.232 e. The summed E-state index contributed by atoms with van der Waals surface area (Å²) < 4.78 is 25.9. The summed E-state index contributed by atoms with van der Waals surface area (Å²) in [6, 6.07) is 11.2. The lowest BCUT2D eigenvalue weighted by Gasteiger charge is -2.24. The van der Waals surface area contributed by atoms with Crippen molar-refractivity contribution in [3.63, 3.8) is 0 Å². The van der Waals surface area contributed by atoms with Crippen molar-refractivity contribution < 1.29 is 13.2 Å². The topological polar surface area (TPSA) is 66.5 Å². The maximum Gasteiger partial charge on any atom is 0.232 e. The summed E-state index contributed by atoms with van der Waals surface area (Å²) in [5.41, 5.74) is 4.61. The molecule has 0 aliphatic rings. The van der Waals surface area contributed by atoms with E-state index in [-0.39, 0.29) is 24.9 Å². The van der Waals surface area contributed by atoms with Crippen LogP contribution in [-0.2, 0) is 14.8 Å². The summed E-state index contributed by atoms with van der Waals surface area (Å²) in [5, 5.41) is 3.52. The van der Waals surface area contributed by atoms with Gasteiger partial charge in [-0.05, 0) is 62.9 Å². The lowest BCUT2D eigenvalue weighted by Crippen LogP contribution is -2.33. The van der Waals surface area contributed by atoms with Crippen molar-refractivity contribution in [1.29, 1.82) is 0 Å². The van der Waals surface area contributed by atoms with Gasteiger partial charge in [-0.15, -0.1) is 0 Å². The number of carbonyl (C=O) groups excluding carboxylic acids is 1. The number of halogens is 1. The van der Waals surface area contributed by atoms with Gasteiger partial charge >= 0.3 is 0 Å². The number of amides is 1. The van der Waals surface area contributed by atoms with Crippen LogP contribution in [0.15, 0.2) is 36.4 Å². The Hall–Kier alpha value is -2.05. The molecule has 0 radical (unpaired) electrons. The Morgan fingerprint density at radius 1 is 1.17 bits per heavy atom. The van der Waals surface area contributed by atoms with E-state index in [2.05, 4.69) is 11.4 Å². The first kappa shape index (κ1) is 23.2.